The number of aromatic amines is 1. The molecule has 0 bridgehead atoms. The quantitative estimate of drug-likeness (QED) is 0.481. The average molecular weight is 281 g/mol. The number of imide groups is 1. The molecule has 0 aliphatic heterocycles. The molecule has 2 heterocycles. The number of carbonyl (C=O) groups is 2. The predicted octanol–water partition coefficient (Wildman–Crippen LogP) is 1.11. The van der Waals surface area contributed by atoms with E-state index in [2.05, 4.69) is 20.5 Å². The van der Waals surface area contributed by atoms with Gasteiger partial charge in [-0.1, -0.05) is 12.1 Å². The number of nitrogens with one attached hydrogen (secondary N) is 2. The second-order valence-electron chi connectivity index (χ2n) is 4.36. The third kappa shape index (κ3) is 2.32. The number of nitrogens with zero attached hydrogens (tertiary/aromatic N) is 2. The molecule has 7 nitrogen and oxygen atoms in total. The first-order chi connectivity index (χ1) is 10.2. The van der Waals surface area contributed by atoms with Crippen molar-refractivity contribution >= 4 is 28.4 Å². The normalized spacial score (nSPS) is 10.5. The van der Waals surface area contributed by atoms with Crippen molar-refractivity contribution in [3.05, 3.63) is 54.0 Å². The molecule has 0 aliphatic rings. The van der Waals surface area contributed by atoms with Gasteiger partial charge in [-0.2, -0.15) is 5.10 Å². The van der Waals surface area contributed by atoms with E-state index in [9.17, 15) is 9.59 Å². The zero-order chi connectivity index (χ0) is 14.8. The van der Waals surface area contributed by atoms with Gasteiger partial charge in [0.15, 0.2) is 5.69 Å². The predicted molar refractivity (Wildman–Crippen MR) is 76.5 cm³/mol. The maximum Gasteiger partial charge on any atom is 0.279 e. The number of aromatic nitrogens is 3. The molecule has 0 saturated carbocycles. The molecule has 21 heavy (non-hydrogen) atoms. The van der Waals surface area contributed by atoms with Gasteiger partial charge in [-0.3, -0.25) is 25.0 Å². The van der Waals surface area contributed by atoms with Gasteiger partial charge in [0.2, 0.25) is 0 Å². The Morgan fingerprint density at radius 3 is 2.76 bits per heavy atom. The number of hydrogen-bond acceptors (Lipinski definition) is 5. The molecule has 0 fully saturated rings. The number of nitrogen functional groups attached to an aromatic ring is 1. The fraction of sp³-hybridized carbons (Fsp3) is 0. The standard InChI is InChI=1S/C14H11N5O2/c15-10-4-2-1-3-8(10)13(20)17-14(21)12-9-7-16-6-5-11(9)18-19-12/h1-7H,15H2,(H,18,19)(H,17,20,21). The van der Waals surface area contributed by atoms with Gasteiger partial charge in [0, 0.05) is 18.1 Å². The van der Waals surface area contributed by atoms with Crippen LogP contribution in [0, 0.1) is 0 Å². The molecule has 0 saturated heterocycles. The Morgan fingerprint density at radius 1 is 1.14 bits per heavy atom. The molecule has 2 amide bonds. The zero-order valence-corrected chi connectivity index (χ0v) is 10.8. The van der Waals surface area contributed by atoms with E-state index in [0.29, 0.717) is 16.6 Å². The van der Waals surface area contributed by atoms with E-state index >= 15 is 0 Å². The average Bonchev–Trinajstić information content (AvgIpc) is 2.91. The van der Waals surface area contributed by atoms with Crippen molar-refractivity contribution in [3.8, 4) is 0 Å². The highest BCUT2D eigenvalue weighted by atomic mass is 16.2. The number of fused-ring (bicyclic) bond motifs is 1. The number of nitrogens with two attached hydrogens (primary N) is 1. The van der Waals surface area contributed by atoms with Gasteiger partial charge in [0.25, 0.3) is 11.8 Å². The molecule has 3 aromatic rings. The SMILES string of the molecule is Nc1ccccc1C(=O)NC(=O)c1n[nH]c2ccncc12. The van der Waals surface area contributed by atoms with Crippen LogP contribution in [0.15, 0.2) is 42.7 Å². The number of para-hydroxylation sites is 1. The van der Waals surface area contributed by atoms with E-state index in [1.807, 2.05) is 0 Å². The number of amides is 2. The van der Waals surface area contributed by atoms with Crippen LogP contribution in [-0.2, 0) is 0 Å². The van der Waals surface area contributed by atoms with Crippen molar-refractivity contribution < 1.29 is 9.59 Å². The number of benzene rings is 1. The topological polar surface area (TPSA) is 114 Å². The van der Waals surface area contributed by atoms with Crippen molar-refractivity contribution in [1.29, 1.82) is 0 Å². The smallest absolute Gasteiger partial charge is 0.279 e. The molecular formula is C14H11N5O2. The minimum Gasteiger partial charge on any atom is -0.398 e. The van der Waals surface area contributed by atoms with E-state index in [1.54, 1.807) is 36.5 Å². The largest absolute Gasteiger partial charge is 0.398 e. The molecule has 1 aromatic carbocycles. The Morgan fingerprint density at radius 2 is 1.95 bits per heavy atom. The third-order valence-corrected chi connectivity index (χ3v) is 3.01. The number of rotatable bonds is 2. The Bertz CT molecular complexity index is 840. The molecular weight excluding hydrogens is 270 g/mol. The molecule has 7 heteroatoms. The highest BCUT2D eigenvalue weighted by molar-refractivity contribution is 6.15. The summed E-state index contributed by atoms with van der Waals surface area (Å²) in [6.45, 7) is 0. The maximum atomic E-state index is 12.1. The molecule has 2 aromatic heterocycles. The van der Waals surface area contributed by atoms with Gasteiger partial charge in [-0.05, 0) is 18.2 Å². The second kappa shape index (κ2) is 5.04. The summed E-state index contributed by atoms with van der Waals surface area (Å²) in [6.07, 6.45) is 3.09. The molecule has 0 radical (unpaired) electrons. The van der Waals surface area contributed by atoms with Gasteiger partial charge in [-0.25, -0.2) is 0 Å². The lowest BCUT2D eigenvalue weighted by Crippen LogP contribution is -2.31. The van der Waals surface area contributed by atoms with Crippen molar-refractivity contribution in [1.82, 2.24) is 20.5 Å². The lowest BCUT2D eigenvalue weighted by atomic mass is 10.1. The summed E-state index contributed by atoms with van der Waals surface area (Å²) in [6, 6.07) is 8.20. The van der Waals surface area contributed by atoms with Gasteiger partial charge < -0.3 is 5.73 Å². The van der Waals surface area contributed by atoms with Crippen molar-refractivity contribution in [2.75, 3.05) is 5.73 Å². The van der Waals surface area contributed by atoms with Crippen LogP contribution in [0.1, 0.15) is 20.8 Å². The molecule has 0 atom stereocenters. The minimum absolute atomic E-state index is 0.112. The Hall–Kier alpha value is -3.22. The van der Waals surface area contributed by atoms with Crippen molar-refractivity contribution in [2.45, 2.75) is 0 Å². The summed E-state index contributed by atoms with van der Waals surface area (Å²) in [5.41, 5.74) is 7.02. The first-order valence-corrected chi connectivity index (χ1v) is 6.15. The Balaban J connectivity index is 1.87. The van der Waals surface area contributed by atoms with Gasteiger partial charge in [-0.15, -0.1) is 0 Å². The Kier molecular flexibility index (Phi) is 3.07. The molecule has 104 valence electrons. The van der Waals surface area contributed by atoms with Crippen LogP contribution in [0.25, 0.3) is 10.9 Å². The monoisotopic (exact) mass is 281 g/mol. The molecule has 4 N–H and O–H groups in total. The zero-order valence-electron chi connectivity index (χ0n) is 10.8. The summed E-state index contributed by atoms with van der Waals surface area (Å²) in [7, 11) is 0. The lowest BCUT2D eigenvalue weighted by Gasteiger charge is -2.05. The van der Waals surface area contributed by atoms with E-state index in [0.717, 1.165) is 0 Å². The minimum atomic E-state index is -0.609. The summed E-state index contributed by atoms with van der Waals surface area (Å²) >= 11 is 0. The van der Waals surface area contributed by atoms with E-state index in [1.165, 1.54) is 6.20 Å². The fourth-order valence-electron chi connectivity index (χ4n) is 1.96. The van der Waals surface area contributed by atoms with Gasteiger partial charge >= 0.3 is 0 Å². The number of H-pyrrole nitrogens is 1. The number of hydrogen-bond donors (Lipinski definition) is 3. The van der Waals surface area contributed by atoms with E-state index < -0.39 is 11.8 Å². The molecule has 0 aliphatic carbocycles. The molecule has 0 unspecified atom stereocenters. The highest BCUT2D eigenvalue weighted by Gasteiger charge is 2.18. The molecule has 0 spiro atoms. The van der Waals surface area contributed by atoms with Crippen LogP contribution in [0.5, 0.6) is 0 Å². The Labute approximate surface area is 119 Å². The van der Waals surface area contributed by atoms with Crippen molar-refractivity contribution in [2.24, 2.45) is 0 Å². The van der Waals surface area contributed by atoms with E-state index in [4.69, 9.17) is 5.73 Å². The first-order valence-electron chi connectivity index (χ1n) is 6.15. The fourth-order valence-corrected chi connectivity index (χ4v) is 1.96. The van der Waals surface area contributed by atoms with Crippen molar-refractivity contribution in [3.63, 3.8) is 0 Å². The summed E-state index contributed by atoms with van der Waals surface area (Å²) in [5.74, 6) is -1.18. The van der Waals surface area contributed by atoms with Crippen LogP contribution < -0.4 is 11.1 Å². The van der Waals surface area contributed by atoms with Gasteiger partial charge in [0.05, 0.1) is 16.5 Å². The number of carbonyl (C=O) groups excluding carboxylic acids is 2. The van der Waals surface area contributed by atoms with E-state index in [-0.39, 0.29) is 11.3 Å². The van der Waals surface area contributed by atoms with Crippen LogP contribution in [0.2, 0.25) is 0 Å². The maximum absolute atomic E-state index is 12.1. The second-order valence-corrected chi connectivity index (χ2v) is 4.36. The molecule has 3 rings (SSSR count). The summed E-state index contributed by atoms with van der Waals surface area (Å²) in [5, 5.41) is 9.42. The third-order valence-electron chi connectivity index (χ3n) is 3.01. The van der Waals surface area contributed by atoms with Crippen LogP contribution >= 0.6 is 0 Å². The highest BCUT2D eigenvalue weighted by Crippen LogP contribution is 2.14. The first kappa shape index (κ1) is 12.8. The number of anilines is 1. The summed E-state index contributed by atoms with van der Waals surface area (Å²) in [4.78, 5) is 28.1. The number of pyridine rings is 1. The van der Waals surface area contributed by atoms with Gasteiger partial charge in [0.1, 0.15) is 0 Å². The summed E-state index contributed by atoms with van der Waals surface area (Å²) < 4.78 is 0. The van der Waals surface area contributed by atoms with Crippen LogP contribution in [0.3, 0.4) is 0 Å². The van der Waals surface area contributed by atoms with Crippen LogP contribution in [-0.4, -0.2) is 27.0 Å². The lowest BCUT2D eigenvalue weighted by molar-refractivity contribution is 0.0848. The van der Waals surface area contributed by atoms with Crippen LogP contribution in [0.4, 0.5) is 5.69 Å².